The van der Waals surface area contributed by atoms with Crippen LogP contribution in [0, 0.1) is 6.92 Å². The number of nitrogens with one attached hydrogen (secondary N) is 1. The van der Waals surface area contributed by atoms with Gasteiger partial charge >= 0.3 is 0 Å². The van der Waals surface area contributed by atoms with E-state index >= 15 is 0 Å². The van der Waals surface area contributed by atoms with Gasteiger partial charge in [0.15, 0.2) is 0 Å². The molecule has 29 heavy (non-hydrogen) atoms. The molecule has 5 nitrogen and oxygen atoms in total. The first-order valence-corrected chi connectivity index (χ1v) is 10.5. The van der Waals surface area contributed by atoms with Gasteiger partial charge in [-0.05, 0) is 48.2 Å². The molecule has 1 aromatic carbocycles. The third-order valence-corrected chi connectivity index (χ3v) is 5.83. The molecule has 3 aromatic heterocycles. The topological polar surface area (TPSA) is 68.0 Å². The van der Waals surface area contributed by atoms with Crippen LogP contribution >= 0.6 is 11.3 Å². The predicted octanol–water partition coefficient (Wildman–Crippen LogP) is 5.24. The molecule has 6 heteroatoms. The molecule has 0 saturated carbocycles. The minimum Gasteiger partial charge on any atom is -0.464 e. The number of fused-ring (bicyclic) bond motifs is 1. The van der Waals surface area contributed by atoms with E-state index in [9.17, 15) is 4.79 Å². The van der Waals surface area contributed by atoms with Gasteiger partial charge in [-0.15, -0.1) is 11.3 Å². The molecule has 0 aliphatic heterocycles. The number of hydrogen-bond donors (Lipinski definition) is 1. The van der Waals surface area contributed by atoms with Crippen LogP contribution in [0.4, 0.5) is 0 Å². The van der Waals surface area contributed by atoms with E-state index in [0.717, 1.165) is 32.8 Å². The van der Waals surface area contributed by atoms with Gasteiger partial charge in [-0.2, -0.15) is 0 Å². The average Bonchev–Trinajstić information content (AvgIpc) is 3.33. The van der Waals surface area contributed by atoms with Crippen LogP contribution in [-0.2, 0) is 17.8 Å². The number of amides is 1. The van der Waals surface area contributed by atoms with Crippen LogP contribution < -0.4 is 5.32 Å². The smallest absolute Gasteiger partial charge is 0.224 e. The van der Waals surface area contributed by atoms with Gasteiger partial charge in [0.1, 0.15) is 10.6 Å². The summed E-state index contributed by atoms with van der Waals surface area (Å²) < 4.78 is 5.69. The number of furan rings is 1. The van der Waals surface area contributed by atoms with Gasteiger partial charge < -0.3 is 9.73 Å². The van der Waals surface area contributed by atoms with Crippen LogP contribution in [0.3, 0.4) is 0 Å². The summed E-state index contributed by atoms with van der Waals surface area (Å²) in [7, 11) is 0. The van der Waals surface area contributed by atoms with Crippen molar-refractivity contribution < 1.29 is 9.21 Å². The Morgan fingerprint density at radius 1 is 1.24 bits per heavy atom. The number of benzene rings is 1. The molecule has 0 unspecified atom stereocenters. The van der Waals surface area contributed by atoms with Gasteiger partial charge in [-0.1, -0.05) is 13.8 Å². The molecule has 0 saturated heterocycles. The van der Waals surface area contributed by atoms with Gasteiger partial charge in [0.05, 0.1) is 24.9 Å². The van der Waals surface area contributed by atoms with Crippen molar-refractivity contribution in [3.05, 3.63) is 70.0 Å². The summed E-state index contributed by atoms with van der Waals surface area (Å²) in [6.07, 6.45) is 5.48. The fraction of sp³-hybridized carbons (Fsp3) is 0.261. The predicted molar refractivity (Wildman–Crippen MR) is 116 cm³/mol. The maximum Gasteiger partial charge on any atom is 0.224 e. The second-order valence-electron chi connectivity index (χ2n) is 7.44. The molecule has 0 aliphatic rings. The molecule has 0 spiro atoms. The molecule has 0 fully saturated rings. The zero-order valence-electron chi connectivity index (χ0n) is 16.7. The van der Waals surface area contributed by atoms with Crippen molar-refractivity contribution in [3.63, 3.8) is 0 Å². The Balaban J connectivity index is 1.43. The van der Waals surface area contributed by atoms with E-state index in [4.69, 9.17) is 4.42 Å². The van der Waals surface area contributed by atoms with Crippen LogP contribution in [0.25, 0.3) is 22.2 Å². The maximum atomic E-state index is 12.5. The Hall–Kier alpha value is -2.99. The molecule has 4 rings (SSSR count). The maximum absolute atomic E-state index is 12.5. The number of hydrogen-bond acceptors (Lipinski definition) is 5. The largest absolute Gasteiger partial charge is 0.464 e. The fourth-order valence-corrected chi connectivity index (χ4v) is 4.20. The van der Waals surface area contributed by atoms with Gasteiger partial charge in [0.25, 0.3) is 0 Å². The van der Waals surface area contributed by atoms with Crippen LogP contribution in [0.1, 0.15) is 41.5 Å². The summed E-state index contributed by atoms with van der Waals surface area (Å²) in [6.45, 7) is 6.86. The quantitative estimate of drug-likeness (QED) is 0.476. The summed E-state index contributed by atoms with van der Waals surface area (Å²) in [5.41, 5.74) is 6.17. The van der Waals surface area contributed by atoms with Crippen LogP contribution in [0.2, 0.25) is 0 Å². The lowest BCUT2D eigenvalue weighted by atomic mass is 9.95. The normalized spacial score (nSPS) is 11.3. The van der Waals surface area contributed by atoms with Crippen molar-refractivity contribution in [2.45, 2.75) is 39.7 Å². The van der Waals surface area contributed by atoms with Gasteiger partial charge in [0.2, 0.25) is 5.91 Å². The Bertz CT molecular complexity index is 1150. The monoisotopic (exact) mass is 405 g/mol. The molecule has 1 N–H and O–H groups in total. The van der Waals surface area contributed by atoms with Crippen molar-refractivity contribution in [2.24, 2.45) is 0 Å². The Labute approximate surface area is 173 Å². The van der Waals surface area contributed by atoms with E-state index in [1.807, 2.05) is 17.5 Å². The Morgan fingerprint density at radius 2 is 2.03 bits per heavy atom. The number of nitrogens with zero attached hydrogens (tertiary/aromatic N) is 2. The van der Waals surface area contributed by atoms with E-state index in [1.54, 1.807) is 18.7 Å². The lowest BCUT2D eigenvalue weighted by Gasteiger charge is -2.10. The molecule has 3 heterocycles. The van der Waals surface area contributed by atoms with Crippen molar-refractivity contribution in [1.82, 2.24) is 15.3 Å². The number of thiazole rings is 1. The first-order valence-electron chi connectivity index (χ1n) is 9.63. The molecule has 0 radical (unpaired) electrons. The molecule has 0 aliphatic carbocycles. The Kier molecular flexibility index (Phi) is 5.45. The number of aromatic nitrogens is 2. The number of carbonyl (C=O) groups excluding carboxylic acids is 1. The van der Waals surface area contributed by atoms with Crippen molar-refractivity contribution in [3.8, 4) is 11.3 Å². The average molecular weight is 406 g/mol. The summed E-state index contributed by atoms with van der Waals surface area (Å²) in [5, 5.41) is 6.86. The summed E-state index contributed by atoms with van der Waals surface area (Å²) in [6, 6.07) is 8.06. The second kappa shape index (κ2) is 8.17. The molecule has 0 bridgehead atoms. The van der Waals surface area contributed by atoms with Crippen molar-refractivity contribution in [2.75, 3.05) is 0 Å². The van der Waals surface area contributed by atoms with E-state index in [-0.39, 0.29) is 12.3 Å². The van der Waals surface area contributed by atoms with E-state index in [2.05, 4.69) is 48.2 Å². The number of rotatable bonds is 6. The zero-order chi connectivity index (χ0) is 20.4. The number of pyridine rings is 1. The van der Waals surface area contributed by atoms with Crippen LogP contribution in [0.15, 0.2) is 52.7 Å². The molecule has 0 atom stereocenters. The molecule has 148 valence electrons. The van der Waals surface area contributed by atoms with E-state index in [0.29, 0.717) is 12.5 Å². The summed E-state index contributed by atoms with van der Waals surface area (Å²) in [5.74, 6) is 0.385. The minimum atomic E-state index is -0.0416. The molecular formula is C23H23N3O2S. The van der Waals surface area contributed by atoms with Crippen molar-refractivity contribution in [1.29, 1.82) is 0 Å². The van der Waals surface area contributed by atoms with E-state index in [1.165, 1.54) is 22.5 Å². The molecular weight excluding hydrogens is 382 g/mol. The minimum absolute atomic E-state index is 0.0416. The van der Waals surface area contributed by atoms with E-state index < -0.39 is 0 Å². The Morgan fingerprint density at radius 3 is 2.79 bits per heavy atom. The second-order valence-corrected chi connectivity index (χ2v) is 8.38. The van der Waals surface area contributed by atoms with Crippen LogP contribution in [-0.4, -0.2) is 15.9 Å². The zero-order valence-corrected chi connectivity index (χ0v) is 17.5. The highest BCUT2D eigenvalue weighted by molar-refractivity contribution is 7.09. The third-order valence-electron chi connectivity index (χ3n) is 4.98. The SMILES string of the molecule is Cc1cc2occ(CC(=O)NCc3nc(-c4ccncc4)cs3)c2cc1C(C)C. The highest BCUT2D eigenvalue weighted by Crippen LogP contribution is 2.29. The highest BCUT2D eigenvalue weighted by Gasteiger charge is 2.14. The van der Waals surface area contributed by atoms with Crippen LogP contribution in [0.5, 0.6) is 0 Å². The molecule has 4 aromatic rings. The van der Waals surface area contributed by atoms with Gasteiger partial charge in [0, 0.05) is 34.3 Å². The number of aryl methyl sites for hydroxylation is 1. The summed E-state index contributed by atoms with van der Waals surface area (Å²) in [4.78, 5) is 21.1. The first-order chi connectivity index (χ1) is 14.0. The van der Waals surface area contributed by atoms with Gasteiger partial charge in [-0.3, -0.25) is 9.78 Å². The highest BCUT2D eigenvalue weighted by atomic mass is 32.1. The number of carbonyl (C=O) groups is 1. The fourth-order valence-electron chi connectivity index (χ4n) is 3.46. The summed E-state index contributed by atoms with van der Waals surface area (Å²) >= 11 is 1.54. The standard InChI is InChI=1S/C23H23N3O2S/c1-14(2)18-10-19-17(12-28-21(19)8-15(18)3)9-22(27)25-11-23-26-20(13-29-23)16-4-6-24-7-5-16/h4-8,10,12-14H,9,11H2,1-3H3,(H,25,27). The van der Waals surface area contributed by atoms with Crippen molar-refractivity contribution >= 4 is 28.2 Å². The van der Waals surface area contributed by atoms with Gasteiger partial charge in [-0.25, -0.2) is 4.98 Å². The first kappa shape index (κ1) is 19.3. The molecule has 1 amide bonds. The third kappa shape index (κ3) is 4.22. The lowest BCUT2D eigenvalue weighted by Crippen LogP contribution is -2.24. The lowest BCUT2D eigenvalue weighted by molar-refractivity contribution is -0.120.